The molecule has 2 aromatic carbocycles. The molecule has 0 saturated heterocycles. The average Bonchev–Trinajstić information content (AvgIpc) is 2.84. The molecule has 0 radical (unpaired) electrons. The molecule has 2 aliphatic carbocycles. The van der Waals surface area contributed by atoms with E-state index in [0.29, 0.717) is 5.57 Å². The summed E-state index contributed by atoms with van der Waals surface area (Å²) in [7, 11) is 0. The third-order valence-corrected chi connectivity index (χ3v) is 7.49. The van der Waals surface area contributed by atoms with Gasteiger partial charge in [0.25, 0.3) is 0 Å². The minimum Gasteiger partial charge on any atom is -0.488 e. The highest BCUT2D eigenvalue weighted by Crippen LogP contribution is 2.36. The molecule has 0 atom stereocenters. The van der Waals surface area contributed by atoms with E-state index in [2.05, 4.69) is 20.4 Å². The minimum absolute atomic E-state index is 0.101. The van der Waals surface area contributed by atoms with Gasteiger partial charge in [-0.15, -0.1) is 0 Å². The van der Waals surface area contributed by atoms with Gasteiger partial charge < -0.3 is 14.2 Å². The lowest BCUT2D eigenvalue weighted by Gasteiger charge is -2.34. The predicted octanol–water partition coefficient (Wildman–Crippen LogP) is 8.10. The first kappa shape index (κ1) is 25.3. The maximum Gasteiger partial charge on any atom is 0.334 e. The van der Waals surface area contributed by atoms with Gasteiger partial charge in [0.1, 0.15) is 22.7 Å². The average molecular weight is 477 g/mol. The van der Waals surface area contributed by atoms with E-state index in [4.69, 9.17) is 14.2 Å². The zero-order valence-electron chi connectivity index (χ0n) is 21.6. The van der Waals surface area contributed by atoms with Crippen molar-refractivity contribution in [1.29, 1.82) is 0 Å². The van der Waals surface area contributed by atoms with Crippen LogP contribution in [0.25, 0.3) is 0 Å². The molecule has 35 heavy (non-hydrogen) atoms. The standard InChI is InChI=1S/C31H40O4/c1-23(2)29(32)33-28(24-11-15-26(16-12-24)34-30(3)19-7-5-8-20-30)25-13-17-27(18-14-25)35-31(4)21-9-6-10-22-31/h11-18,28H,1,5-10,19-22H2,2-4H3. The summed E-state index contributed by atoms with van der Waals surface area (Å²) >= 11 is 0. The van der Waals surface area contributed by atoms with Crippen LogP contribution in [0.2, 0.25) is 0 Å². The number of hydrogen-bond donors (Lipinski definition) is 0. The Morgan fingerprint density at radius 3 is 1.43 bits per heavy atom. The third kappa shape index (κ3) is 6.68. The van der Waals surface area contributed by atoms with Crippen LogP contribution in [0.4, 0.5) is 0 Å². The van der Waals surface area contributed by atoms with Crippen LogP contribution in [0.1, 0.15) is 102 Å². The van der Waals surface area contributed by atoms with Gasteiger partial charge in [0, 0.05) is 5.57 Å². The van der Waals surface area contributed by atoms with Crippen molar-refractivity contribution in [3.8, 4) is 11.5 Å². The summed E-state index contributed by atoms with van der Waals surface area (Å²) in [6, 6.07) is 15.9. The second kappa shape index (κ2) is 10.9. The van der Waals surface area contributed by atoms with Gasteiger partial charge in [-0.25, -0.2) is 4.79 Å². The van der Waals surface area contributed by atoms with Crippen molar-refractivity contribution in [1.82, 2.24) is 0 Å². The molecule has 2 aliphatic rings. The van der Waals surface area contributed by atoms with E-state index in [1.807, 2.05) is 48.5 Å². The van der Waals surface area contributed by atoms with E-state index < -0.39 is 12.1 Å². The number of esters is 1. The van der Waals surface area contributed by atoms with E-state index in [1.54, 1.807) is 6.92 Å². The first-order valence-electron chi connectivity index (χ1n) is 13.2. The molecule has 4 nitrogen and oxygen atoms in total. The highest BCUT2D eigenvalue weighted by atomic mass is 16.5. The molecular formula is C31H40O4. The molecule has 0 N–H and O–H groups in total. The number of rotatable bonds is 8. The predicted molar refractivity (Wildman–Crippen MR) is 140 cm³/mol. The van der Waals surface area contributed by atoms with Gasteiger partial charge in [-0.3, -0.25) is 0 Å². The van der Waals surface area contributed by atoms with Crippen LogP contribution in [0.3, 0.4) is 0 Å². The lowest BCUT2D eigenvalue weighted by atomic mass is 9.86. The molecule has 0 bridgehead atoms. The fraction of sp³-hybridized carbons (Fsp3) is 0.516. The molecule has 0 unspecified atom stereocenters. The number of carbonyl (C=O) groups excluding carboxylic acids is 1. The number of carbonyl (C=O) groups is 1. The largest absolute Gasteiger partial charge is 0.488 e. The van der Waals surface area contributed by atoms with Crippen LogP contribution in [-0.4, -0.2) is 17.2 Å². The van der Waals surface area contributed by atoms with Crippen LogP contribution in [0.15, 0.2) is 60.7 Å². The van der Waals surface area contributed by atoms with Gasteiger partial charge in [-0.2, -0.15) is 0 Å². The Hall–Kier alpha value is -2.75. The van der Waals surface area contributed by atoms with Crippen LogP contribution >= 0.6 is 0 Å². The van der Waals surface area contributed by atoms with Crippen LogP contribution in [0.5, 0.6) is 11.5 Å². The van der Waals surface area contributed by atoms with Gasteiger partial charge >= 0.3 is 5.97 Å². The number of benzene rings is 2. The summed E-state index contributed by atoms with van der Waals surface area (Å²) in [5.41, 5.74) is 1.97. The van der Waals surface area contributed by atoms with Gasteiger partial charge in [0.15, 0.2) is 6.10 Å². The molecular weight excluding hydrogens is 436 g/mol. The first-order chi connectivity index (χ1) is 16.8. The second-order valence-electron chi connectivity index (χ2n) is 10.9. The van der Waals surface area contributed by atoms with Crippen LogP contribution < -0.4 is 9.47 Å². The van der Waals surface area contributed by atoms with Crippen molar-refractivity contribution in [3.05, 3.63) is 71.8 Å². The van der Waals surface area contributed by atoms with Crippen LogP contribution in [-0.2, 0) is 9.53 Å². The Morgan fingerprint density at radius 1 is 0.714 bits per heavy atom. The fourth-order valence-corrected chi connectivity index (χ4v) is 5.33. The second-order valence-corrected chi connectivity index (χ2v) is 10.9. The van der Waals surface area contributed by atoms with Crippen molar-refractivity contribution >= 4 is 5.97 Å². The highest BCUT2D eigenvalue weighted by Gasteiger charge is 2.30. The van der Waals surface area contributed by atoms with Gasteiger partial charge in [0.05, 0.1) is 0 Å². The summed E-state index contributed by atoms with van der Waals surface area (Å²) < 4.78 is 18.6. The molecule has 0 heterocycles. The van der Waals surface area contributed by atoms with Crippen LogP contribution in [0, 0.1) is 0 Å². The molecule has 2 saturated carbocycles. The van der Waals surface area contributed by atoms with E-state index in [9.17, 15) is 4.79 Å². The van der Waals surface area contributed by atoms with Crippen molar-refractivity contribution in [3.63, 3.8) is 0 Å². The molecule has 0 amide bonds. The summed E-state index contributed by atoms with van der Waals surface area (Å²) in [4.78, 5) is 12.5. The highest BCUT2D eigenvalue weighted by molar-refractivity contribution is 5.87. The van der Waals surface area contributed by atoms with E-state index in [-0.39, 0.29) is 11.2 Å². The lowest BCUT2D eigenvalue weighted by molar-refractivity contribution is -0.142. The smallest absolute Gasteiger partial charge is 0.334 e. The molecule has 2 fully saturated rings. The van der Waals surface area contributed by atoms with Crippen molar-refractivity contribution in [2.75, 3.05) is 0 Å². The monoisotopic (exact) mass is 476 g/mol. The van der Waals surface area contributed by atoms with Gasteiger partial charge in [0.2, 0.25) is 0 Å². The zero-order chi connectivity index (χ0) is 24.9. The number of ether oxygens (including phenoxy) is 3. The topological polar surface area (TPSA) is 44.8 Å². The normalized spacial score (nSPS) is 19.1. The maximum absolute atomic E-state index is 12.5. The molecule has 4 heteroatoms. The maximum atomic E-state index is 12.5. The summed E-state index contributed by atoms with van der Waals surface area (Å²) in [6.07, 6.45) is 11.2. The van der Waals surface area contributed by atoms with Crippen molar-refractivity contribution in [2.45, 2.75) is 102 Å². The summed E-state index contributed by atoms with van der Waals surface area (Å²) in [5, 5.41) is 0. The lowest BCUT2D eigenvalue weighted by Crippen LogP contribution is -2.34. The van der Waals surface area contributed by atoms with E-state index in [0.717, 1.165) is 48.3 Å². The molecule has 4 rings (SSSR count). The Labute approximate surface area is 210 Å². The van der Waals surface area contributed by atoms with E-state index in [1.165, 1.54) is 38.5 Å². The zero-order valence-corrected chi connectivity index (χ0v) is 21.6. The molecule has 2 aromatic rings. The van der Waals surface area contributed by atoms with Crippen molar-refractivity contribution < 1.29 is 19.0 Å². The summed E-state index contributed by atoms with van der Waals surface area (Å²) in [6.45, 7) is 9.83. The first-order valence-corrected chi connectivity index (χ1v) is 13.2. The third-order valence-electron chi connectivity index (χ3n) is 7.49. The van der Waals surface area contributed by atoms with Gasteiger partial charge in [-0.05, 0) is 108 Å². The quantitative estimate of drug-likeness (QED) is 0.285. The Balaban J connectivity index is 1.51. The van der Waals surface area contributed by atoms with Crippen molar-refractivity contribution in [2.24, 2.45) is 0 Å². The Bertz CT molecular complexity index is 924. The van der Waals surface area contributed by atoms with Gasteiger partial charge in [-0.1, -0.05) is 43.7 Å². The Kier molecular flexibility index (Phi) is 7.88. The SMILES string of the molecule is C=C(C)C(=O)OC(c1ccc(OC2(C)CCCCC2)cc1)c1ccc(OC2(C)CCCCC2)cc1. The van der Waals surface area contributed by atoms with E-state index >= 15 is 0 Å². The number of hydrogen-bond acceptors (Lipinski definition) is 4. The minimum atomic E-state index is -0.530. The molecule has 0 spiro atoms. The molecule has 0 aromatic heterocycles. The Morgan fingerprint density at radius 2 is 1.09 bits per heavy atom. The fourth-order valence-electron chi connectivity index (χ4n) is 5.33. The molecule has 188 valence electrons. The molecule has 0 aliphatic heterocycles. The summed E-state index contributed by atoms with van der Waals surface area (Å²) in [5.74, 6) is 1.31.